The summed E-state index contributed by atoms with van der Waals surface area (Å²) in [7, 11) is 0. The molecule has 0 spiro atoms. The van der Waals surface area contributed by atoms with Gasteiger partial charge in [-0.1, -0.05) is 0 Å². The molecular weight excluding hydrogens is 348 g/mol. The molecule has 0 saturated carbocycles. The van der Waals surface area contributed by atoms with Crippen LogP contribution in [0.5, 0.6) is 0 Å². The average molecular weight is 368 g/mol. The standard InChI is InChI=1S/C19H20N4O2S/c1-11-18(12-4-6-23(11)7-5-12)22-19(25)15-9-16-13(10-21-15)8-14(26-16)2-3-17(20)24/h8-12,18H,4-7H2,1H3,(H2,20,24)(H,22,25)/t11-,18-/m0/s1. The fraction of sp³-hybridized carbons (Fsp3) is 0.421. The molecule has 134 valence electrons. The quantitative estimate of drug-likeness (QED) is 0.783. The fourth-order valence-electron chi connectivity index (χ4n) is 4.01. The van der Waals surface area contributed by atoms with E-state index in [-0.39, 0.29) is 11.9 Å². The summed E-state index contributed by atoms with van der Waals surface area (Å²) in [5.41, 5.74) is 5.46. The SMILES string of the molecule is C[C@H]1[C@H](NC(=O)c2cc3sc(C#CC(N)=O)cc3cn2)C2CCN1CC2. The van der Waals surface area contributed by atoms with Gasteiger partial charge < -0.3 is 11.1 Å². The normalized spacial score (nSPS) is 27.0. The Morgan fingerprint density at radius 2 is 2.12 bits per heavy atom. The molecule has 3 saturated heterocycles. The van der Waals surface area contributed by atoms with Gasteiger partial charge in [-0.15, -0.1) is 11.3 Å². The van der Waals surface area contributed by atoms with Crippen LogP contribution in [0.2, 0.25) is 0 Å². The Balaban J connectivity index is 1.54. The predicted molar refractivity (Wildman–Crippen MR) is 101 cm³/mol. The van der Waals surface area contributed by atoms with Gasteiger partial charge in [0.15, 0.2) is 0 Å². The lowest BCUT2D eigenvalue weighted by atomic mass is 9.79. The monoisotopic (exact) mass is 368 g/mol. The molecule has 7 heteroatoms. The second-order valence-electron chi connectivity index (χ2n) is 6.95. The maximum atomic E-state index is 12.7. The third kappa shape index (κ3) is 3.18. The largest absolute Gasteiger partial charge is 0.359 e. The summed E-state index contributed by atoms with van der Waals surface area (Å²) < 4.78 is 0.917. The lowest BCUT2D eigenvalue weighted by Gasteiger charge is -2.49. The van der Waals surface area contributed by atoms with Gasteiger partial charge in [-0.05, 0) is 56.8 Å². The number of amides is 2. The number of fused-ring (bicyclic) bond motifs is 4. The van der Waals surface area contributed by atoms with Crippen molar-refractivity contribution in [1.82, 2.24) is 15.2 Å². The minimum absolute atomic E-state index is 0.129. The molecule has 2 bridgehead atoms. The Kier molecular flexibility index (Phi) is 4.39. The van der Waals surface area contributed by atoms with Gasteiger partial charge in [-0.25, -0.2) is 0 Å². The number of piperidine rings is 3. The lowest BCUT2D eigenvalue weighted by Crippen LogP contribution is -2.62. The molecular formula is C19H20N4O2S. The smallest absolute Gasteiger partial charge is 0.293 e. The molecule has 3 aliphatic heterocycles. The first-order valence-corrected chi connectivity index (χ1v) is 9.59. The Morgan fingerprint density at radius 1 is 1.35 bits per heavy atom. The summed E-state index contributed by atoms with van der Waals surface area (Å²) in [6.07, 6.45) is 3.97. The van der Waals surface area contributed by atoms with E-state index in [4.69, 9.17) is 5.73 Å². The third-order valence-corrected chi connectivity index (χ3v) is 6.43. The van der Waals surface area contributed by atoms with E-state index in [0.717, 1.165) is 40.9 Å². The molecule has 2 amide bonds. The van der Waals surface area contributed by atoms with Gasteiger partial charge in [0.1, 0.15) is 5.69 Å². The highest BCUT2D eigenvalue weighted by Crippen LogP contribution is 2.32. The zero-order valence-electron chi connectivity index (χ0n) is 14.5. The summed E-state index contributed by atoms with van der Waals surface area (Å²) in [5.74, 6) is 4.83. The van der Waals surface area contributed by atoms with Crippen LogP contribution in [0, 0.1) is 17.8 Å². The van der Waals surface area contributed by atoms with Gasteiger partial charge in [-0.2, -0.15) is 0 Å². The first kappa shape index (κ1) is 17.0. The Bertz CT molecular complexity index is 932. The van der Waals surface area contributed by atoms with E-state index < -0.39 is 5.91 Å². The van der Waals surface area contributed by atoms with Crippen LogP contribution >= 0.6 is 11.3 Å². The summed E-state index contributed by atoms with van der Waals surface area (Å²) in [4.78, 5) is 31.0. The Labute approximate surface area is 155 Å². The van der Waals surface area contributed by atoms with E-state index >= 15 is 0 Å². The van der Waals surface area contributed by atoms with Crippen molar-refractivity contribution < 1.29 is 9.59 Å². The molecule has 2 atom stereocenters. The van der Waals surface area contributed by atoms with Crippen molar-refractivity contribution in [3.05, 3.63) is 28.9 Å². The highest BCUT2D eigenvalue weighted by molar-refractivity contribution is 7.19. The van der Waals surface area contributed by atoms with E-state index in [0.29, 0.717) is 17.7 Å². The van der Waals surface area contributed by atoms with Crippen molar-refractivity contribution in [2.75, 3.05) is 13.1 Å². The van der Waals surface area contributed by atoms with Crippen LogP contribution in [0.3, 0.4) is 0 Å². The van der Waals surface area contributed by atoms with Gasteiger partial charge in [0.2, 0.25) is 0 Å². The minimum Gasteiger partial charge on any atom is -0.359 e. The van der Waals surface area contributed by atoms with Crippen molar-refractivity contribution in [2.24, 2.45) is 11.7 Å². The first-order valence-electron chi connectivity index (χ1n) is 8.77. The van der Waals surface area contributed by atoms with Gasteiger partial charge in [0, 0.05) is 34.3 Å². The zero-order valence-corrected chi connectivity index (χ0v) is 15.3. The van der Waals surface area contributed by atoms with E-state index in [1.165, 1.54) is 11.3 Å². The molecule has 3 fully saturated rings. The maximum Gasteiger partial charge on any atom is 0.293 e. The molecule has 0 radical (unpaired) electrons. The van der Waals surface area contributed by atoms with E-state index in [1.54, 1.807) is 12.3 Å². The zero-order chi connectivity index (χ0) is 18.3. The van der Waals surface area contributed by atoms with Crippen LogP contribution in [0.4, 0.5) is 0 Å². The molecule has 3 N–H and O–H groups in total. The number of hydrogen-bond donors (Lipinski definition) is 2. The van der Waals surface area contributed by atoms with Crippen molar-refractivity contribution in [3.63, 3.8) is 0 Å². The van der Waals surface area contributed by atoms with Crippen LogP contribution in [-0.4, -0.2) is 46.9 Å². The van der Waals surface area contributed by atoms with Crippen molar-refractivity contribution in [3.8, 4) is 11.8 Å². The molecule has 5 heterocycles. The van der Waals surface area contributed by atoms with Crippen molar-refractivity contribution in [1.29, 1.82) is 0 Å². The second-order valence-corrected chi connectivity index (χ2v) is 8.03. The van der Waals surface area contributed by atoms with Crippen LogP contribution in [-0.2, 0) is 4.79 Å². The molecule has 3 aliphatic rings. The molecule has 0 aliphatic carbocycles. The number of nitrogens with zero attached hydrogens (tertiary/aromatic N) is 2. The van der Waals surface area contributed by atoms with Crippen LogP contribution in [0.1, 0.15) is 35.1 Å². The first-order chi connectivity index (χ1) is 12.5. The van der Waals surface area contributed by atoms with E-state index in [2.05, 4.69) is 34.0 Å². The van der Waals surface area contributed by atoms with Crippen LogP contribution < -0.4 is 11.1 Å². The maximum absolute atomic E-state index is 12.7. The second kappa shape index (κ2) is 6.71. The summed E-state index contributed by atoms with van der Waals surface area (Å²) in [6.45, 7) is 4.45. The van der Waals surface area contributed by atoms with Crippen molar-refractivity contribution >= 4 is 33.2 Å². The highest BCUT2D eigenvalue weighted by Gasteiger charge is 2.40. The van der Waals surface area contributed by atoms with Gasteiger partial charge >= 0.3 is 0 Å². The molecule has 0 unspecified atom stereocenters. The van der Waals surface area contributed by atoms with Gasteiger partial charge in [0.25, 0.3) is 11.8 Å². The number of nitrogens with two attached hydrogens (primary N) is 1. The minimum atomic E-state index is -0.660. The number of pyridine rings is 1. The van der Waals surface area contributed by atoms with E-state index in [1.807, 2.05) is 6.07 Å². The number of aromatic nitrogens is 1. The molecule has 5 rings (SSSR count). The number of nitrogens with one attached hydrogen (secondary N) is 1. The van der Waals surface area contributed by atoms with Crippen molar-refractivity contribution in [2.45, 2.75) is 31.8 Å². The highest BCUT2D eigenvalue weighted by atomic mass is 32.1. The summed E-state index contributed by atoms with van der Waals surface area (Å²) >= 11 is 1.42. The third-order valence-electron chi connectivity index (χ3n) is 5.42. The Morgan fingerprint density at radius 3 is 2.81 bits per heavy atom. The fourth-order valence-corrected chi connectivity index (χ4v) is 4.94. The van der Waals surface area contributed by atoms with Crippen LogP contribution in [0.15, 0.2) is 18.3 Å². The summed E-state index contributed by atoms with van der Waals surface area (Å²) in [6, 6.07) is 4.19. The molecule has 2 aromatic rings. The number of rotatable bonds is 2. The molecule has 6 nitrogen and oxygen atoms in total. The number of primary amides is 1. The topological polar surface area (TPSA) is 88.3 Å². The van der Waals surface area contributed by atoms with E-state index in [9.17, 15) is 9.59 Å². The molecule has 2 aromatic heterocycles. The average Bonchev–Trinajstić information content (AvgIpc) is 3.05. The lowest BCUT2D eigenvalue weighted by molar-refractivity contribution is -0.112. The Hall–Kier alpha value is -2.43. The number of hydrogen-bond acceptors (Lipinski definition) is 5. The predicted octanol–water partition coefficient (Wildman–Crippen LogP) is 1.35. The number of carbonyl (C=O) groups excluding carboxylic acids is 2. The molecule has 26 heavy (non-hydrogen) atoms. The van der Waals surface area contributed by atoms with Crippen LogP contribution in [0.25, 0.3) is 10.1 Å². The van der Waals surface area contributed by atoms with Gasteiger partial charge in [-0.3, -0.25) is 19.5 Å². The number of thiophene rings is 1. The molecule has 0 aromatic carbocycles. The van der Waals surface area contributed by atoms with Gasteiger partial charge in [0.05, 0.1) is 4.88 Å². The summed E-state index contributed by atoms with van der Waals surface area (Å²) in [5, 5.41) is 4.10. The number of carbonyl (C=O) groups is 2.